The SMILES string of the molecule is COc1ccc(Cl)cc1-c1nc(=S)n(CN2CCOCC2)[nH]1. The second-order valence-corrected chi connectivity index (χ2v) is 5.80. The number of hydrogen-bond acceptors (Lipinski definition) is 5. The van der Waals surface area contributed by atoms with Crippen LogP contribution in [0.25, 0.3) is 11.4 Å². The van der Waals surface area contributed by atoms with Gasteiger partial charge in [-0.1, -0.05) is 11.6 Å². The summed E-state index contributed by atoms with van der Waals surface area (Å²) in [7, 11) is 1.62. The van der Waals surface area contributed by atoms with Crippen LogP contribution >= 0.6 is 23.8 Å². The molecule has 1 aromatic carbocycles. The van der Waals surface area contributed by atoms with Crippen molar-refractivity contribution in [2.75, 3.05) is 33.4 Å². The van der Waals surface area contributed by atoms with Crippen molar-refractivity contribution in [3.05, 3.63) is 28.0 Å². The number of methoxy groups -OCH3 is 1. The molecule has 118 valence electrons. The maximum atomic E-state index is 6.07. The molecule has 1 aliphatic rings. The number of morpholine rings is 1. The van der Waals surface area contributed by atoms with Gasteiger partial charge in [0.15, 0.2) is 5.82 Å². The van der Waals surface area contributed by atoms with Gasteiger partial charge in [-0.25, -0.2) is 4.68 Å². The molecule has 8 heteroatoms. The van der Waals surface area contributed by atoms with Crippen LogP contribution in [0.2, 0.25) is 5.02 Å². The van der Waals surface area contributed by atoms with Gasteiger partial charge >= 0.3 is 0 Å². The maximum absolute atomic E-state index is 6.07. The number of hydrogen-bond donors (Lipinski definition) is 1. The average molecular weight is 341 g/mol. The highest BCUT2D eigenvalue weighted by Gasteiger charge is 2.15. The van der Waals surface area contributed by atoms with Crippen molar-refractivity contribution in [3.8, 4) is 17.1 Å². The monoisotopic (exact) mass is 340 g/mol. The number of rotatable bonds is 4. The Morgan fingerprint density at radius 3 is 2.91 bits per heavy atom. The average Bonchev–Trinajstić information content (AvgIpc) is 2.89. The van der Waals surface area contributed by atoms with Gasteiger partial charge in [0.05, 0.1) is 32.6 Å². The molecule has 0 aliphatic carbocycles. The third-order valence-corrected chi connectivity index (χ3v) is 4.09. The van der Waals surface area contributed by atoms with Crippen LogP contribution in [0.3, 0.4) is 0 Å². The Balaban J connectivity index is 1.88. The first-order valence-electron chi connectivity index (χ1n) is 6.98. The van der Waals surface area contributed by atoms with Crippen LogP contribution in [0.15, 0.2) is 18.2 Å². The van der Waals surface area contributed by atoms with E-state index in [4.69, 9.17) is 33.3 Å². The highest BCUT2D eigenvalue weighted by Crippen LogP contribution is 2.30. The molecule has 0 radical (unpaired) electrons. The Bertz CT molecular complexity index is 709. The second-order valence-electron chi connectivity index (χ2n) is 5.00. The fourth-order valence-corrected chi connectivity index (χ4v) is 2.75. The molecule has 1 aliphatic heterocycles. The van der Waals surface area contributed by atoms with Gasteiger partial charge in [0.2, 0.25) is 4.77 Å². The van der Waals surface area contributed by atoms with E-state index in [0.717, 1.165) is 31.9 Å². The fourth-order valence-electron chi connectivity index (χ4n) is 2.38. The highest BCUT2D eigenvalue weighted by atomic mass is 35.5. The van der Waals surface area contributed by atoms with Crippen LogP contribution < -0.4 is 4.74 Å². The summed E-state index contributed by atoms with van der Waals surface area (Å²) < 4.78 is 13.1. The number of aromatic nitrogens is 3. The van der Waals surface area contributed by atoms with Crippen molar-refractivity contribution in [2.45, 2.75) is 6.67 Å². The van der Waals surface area contributed by atoms with Crippen molar-refractivity contribution in [1.82, 2.24) is 19.7 Å². The molecule has 22 heavy (non-hydrogen) atoms. The smallest absolute Gasteiger partial charge is 0.217 e. The Morgan fingerprint density at radius 2 is 2.18 bits per heavy atom. The first-order chi connectivity index (χ1) is 10.7. The summed E-state index contributed by atoms with van der Waals surface area (Å²) in [6.45, 7) is 3.93. The molecule has 0 atom stereocenters. The number of ether oxygens (including phenoxy) is 2. The molecule has 0 unspecified atom stereocenters. The molecule has 0 amide bonds. The molecular weight excluding hydrogens is 324 g/mol. The molecule has 1 aromatic heterocycles. The second kappa shape index (κ2) is 6.78. The zero-order valence-corrected chi connectivity index (χ0v) is 13.8. The quantitative estimate of drug-likeness (QED) is 0.867. The van der Waals surface area contributed by atoms with Gasteiger partial charge in [-0.2, -0.15) is 4.98 Å². The lowest BCUT2D eigenvalue weighted by Crippen LogP contribution is -2.37. The fraction of sp³-hybridized carbons (Fsp3) is 0.429. The lowest BCUT2D eigenvalue weighted by Gasteiger charge is -2.26. The first kappa shape index (κ1) is 15.5. The van der Waals surface area contributed by atoms with Gasteiger partial charge in [-0.15, -0.1) is 0 Å². The van der Waals surface area contributed by atoms with Crippen LogP contribution in [0.4, 0.5) is 0 Å². The summed E-state index contributed by atoms with van der Waals surface area (Å²) in [4.78, 5) is 6.68. The summed E-state index contributed by atoms with van der Waals surface area (Å²) in [5.74, 6) is 1.35. The molecule has 0 saturated carbocycles. The van der Waals surface area contributed by atoms with Gasteiger partial charge in [0.25, 0.3) is 0 Å². The number of nitrogens with zero attached hydrogens (tertiary/aromatic N) is 3. The van der Waals surface area contributed by atoms with E-state index >= 15 is 0 Å². The van der Waals surface area contributed by atoms with Crippen LogP contribution in [0.5, 0.6) is 5.75 Å². The van der Waals surface area contributed by atoms with Gasteiger partial charge in [0.1, 0.15) is 5.75 Å². The topological polar surface area (TPSA) is 55.3 Å². The summed E-state index contributed by atoms with van der Waals surface area (Å²) >= 11 is 11.4. The lowest BCUT2D eigenvalue weighted by molar-refractivity contribution is 0.0210. The Hall–Kier alpha value is -1.41. The molecule has 1 N–H and O–H groups in total. The minimum atomic E-state index is 0.503. The van der Waals surface area contributed by atoms with E-state index in [1.807, 2.05) is 16.8 Å². The Morgan fingerprint density at radius 1 is 1.41 bits per heavy atom. The normalized spacial score (nSPS) is 15.9. The number of H-pyrrole nitrogens is 1. The first-order valence-corrected chi connectivity index (χ1v) is 7.77. The predicted molar refractivity (Wildman–Crippen MR) is 86.8 cm³/mol. The lowest BCUT2D eigenvalue weighted by atomic mass is 10.2. The minimum absolute atomic E-state index is 0.503. The summed E-state index contributed by atoms with van der Waals surface area (Å²) in [5.41, 5.74) is 0.793. The van der Waals surface area contributed by atoms with Gasteiger partial charge in [-0.3, -0.25) is 10.00 Å². The molecule has 3 rings (SSSR count). The maximum Gasteiger partial charge on any atom is 0.217 e. The standard InChI is InChI=1S/C14H17ClN4O2S/c1-20-12-3-2-10(15)8-11(12)13-16-14(22)19(17-13)9-18-4-6-21-7-5-18/h2-3,8H,4-7,9H2,1H3,(H,16,17,22). The number of halogens is 1. The summed E-state index contributed by atoms with van der Waals surface area (Å²) in [5, 5.41) is 3.85. The highest BCUT2D eigenvalue weighted by molar-refractivity contribution is 7.71. The van der Waals surface area contributed by atoms with E-state index in [-0.39, 0.29) is 0 Å². The van der Waals surface area contributed by atoms with E-state index in [1.54, 1.807) is 13.2 Å². The van der Waals surface area contributed by atoms with Gasteiger partial charge in [0, 0.05) is 18.1 Å². The van der Waals surface area contributed by atoms with Crippen molar-refractivity contribution in [2.24, 2.45) is 0 Å². The van der Waals surface area contributed by atoms with Crippen molar-refractivity contribution < 1.29 is 9.47 Å². The summed E-state index contributed by atoms with van der Waals surface area (Å²) in [6, 6.07) is 5.41. The molecule has 2 heterocycles. The van der Waals surface area contributed by atoms with Crippen LogP contribution in [0.1, 0.15) is 0 Å². The van der Waals surface area contributed by atoms with Gasteiger partial charge in [-0.05, 0) is 30.4 Å². The van der Waals surface area contributed by atoms with E-state index < -0.39 is 0 Å². The zero-order valence-electron chi connectivity index (χ0n) is 12.2. The molecule has 0 bridgehead atoms. The Labute approximate surface area is 138 Å². The van der Waals surface area contributed by atoms with E-state index in [1.165, 1.54) is 0 Å². The molecule has 1 saturated heterocycles. The zero-order chi connectivity index (χ0) is 15.5. The molecule has 2 aromatic rings. The molecular formula is C14H17ClN4O2S. The van der Waals surface area contributed by atoms with Crippen LogP contribution in [-0.2, 0) is 11.4 Å². The number of aromatic amines is 1. The number of nitrogens with one attached hydrogen (secondary N) is 1. The third kappa shape index (κ3) is 3.33. The van der Waals surface area contributed by atoms with Crippen molar-refractivity contribution in [1.29, 1.82) is 0 Å². The van der Waals surface area contributed by atoms with Crippen LogP contribution in [-0.4, -0.2) is 53.1 Å². The number of benzene rings is 1. The largest absolute Gasteiger partial charge is 0.496 e. The van der Waals surface area contributed by atoms with Gasteiger partial charge < -0.3 is 9.47 Å². The van der Waals surface area contributed by atoms with E-state index in [2.05, 4.69) is 15.0 Å². The molecule has 0 spiro atoms. The van der Waals surface area contributed by atoms with E-state index in [0.29, 0.717) is 28.0 Å². The Kier molecular flexibility index (Phi) is 4.77. The van der Waals surface area contributed by atoms with E-state index in [9.17, 15) is 0 Å². The predicted octanol–water partition coefficient (Wildman–Crippen LogP) is 2.56. The van der Waals surface area contributed by atoms with Crippen molar-refractivity contribution in [3.63, 3.8) is 0 Å². The minimum Gasteiger partial charge on any atom is -0.496 e. The third-order valence-electron chi connectivity index (χ3n) is 3.54. The summed E-state index contributed by atoms with van der Waals surface area (Å²) in [6.07, 6.45) is 0. The van der Waals surface area contributed by atoms with Crippen LogP contribution in [0, 0.1) is 4.77 Å². The van der Waals surface area contributed by atoms with Crippen molar-refractivity contribution >= 4 is 23.8 Å². The molecule has 1 fully saturated rings. The molecule has 6 nitrogen and oxygen atoms in total.